The number of rotatable bonds is 7. The second kappa shape index (κ2) is 17.1. The second-order valence-electron chi connectivity index (χ2n) is 7.93. The molecule has 2 unspecified atom stereocenters. The van der Waals surface area contributed by atoms with Gasteiger partial charge in [0.25, 0.3) is 0 Å². The van der Waals surface area contributed by atoms with Gasteiger partial charge in [-0.3, -0.25) is 0 Å². The summed E-state index contributed by atoms with van der Waals surface area (Å²) < 4.78 is 0. The normalized spacial score (nSPS) is 13.0. The molecule has 0 aromatic carbocycles. The van der Waals surface area contributed by atoms with Crippen molar-refractivity contribution in [2.45, 2.75) is 102 Å². The monoisotopic (exact) mass is 312 g/mol. The Hall–Kier alpha value is -0.260. The van der Waals surface area contributed by atoms with Gasteiger partial charge in [-0.2, -0.15) is 0 Å². The zero-order chi connectivity index (χ0) is 18.3. The molecule has 0 aliphatic rings. The van der Waals surface area contributed by atoms with Gasteiger partial charge in [-0.05, 0) is 49.9 Å². The van der Waals surface area contributed by atoms with Crippen molar-refractivity contribution < 1.29 is 0 Å². The van der Waals surface area contributed by atoms with E-state index >= 15 is 0 Å². The average Bonchev–Trinajstić information content (AvgIpc) is 2.44. The van der Waals surface area contributed by atoms with Crippen LogP contribution in [0.15, 0.2) is 11.6 Å². The number of hydrogen-bond donors (Lipinski definition) is 0. The predicted octanol–water partition coefficient (Wildman–Crippen LogP) is 8.38. The summed E-state index contributed by atoms with van der Waals surface area (Å²) in [7, 11) is 0. The van der Waals surface area contributed by atoms with Crippen molar-refractivity contribution in [3.8, 4) is 0 Å². The Kier molecular flexibility index (Phi) is 20.7. The first-order valence-electron chi connectivity index (χ1n) is 9.71. The molecule has 0 saturated heterocycles. The molecule has 2 atom stereocenters. The SMILES string of the molecule is CC.CC(C)=CCC(C)C.CC(C)C(C)CCC(C)C(C)C. The van der Waals surface area contributed by atoms with Gasteiger partial charge in [0.2, 0.25) is 0 Å². The van der Waals surface area contributed by atoms with E-state index in [4.69, 9.17) is 0 Å². The van der Waals surface area contributed by atoms with E-state index in [2.05, 4.69) is 75.3 Å². The van der Waals surface area contributed by atoms with E-state index in [-0.39, 0.29) is 0 Å². The quantitative estimate of drug-likeness (QED) is 0.414. The summed E-state index contributed by atoms with van der Waals surface area (Å²) in [6.07, 6.45) is 6.31. The summed E-state index contributed by atoms with van der Waals surface area (Å²) in [5, 5.41) is 0. The zero-order valence-electron chi connectivity index (χ0n) is 18.1. The number of allylic oxidation sites excluding steroid dienone is 2. The molecule has 22 heavy (non-hydrogen) atoms. The van der Waals surface area contributed by atoms with Crippen LogP contribution in [-0.2, 0) is 0 Å². The Balaban J connectivity index is -0.000000313. The summed E-state index contributed by atoms with van der Waals surface area (Å²) in [6, 6.07) is 0. The molecule has 0 amide bonds. The van der Waals surface area contributed by atoms with Crippen molar-refractivity contribution >= 4 is 0 Å². The third-order valence-electron chi connectivity index (χ3n) is 4.35. The summed E-state index contributed by atoms with van der Waals surface area (Å²) in [5.41, 5.74) is 1.43. The Morgan fingerprint density at radius 3 is 1.14 bits per heavy atom. The highest BCUT2D eigenvalue weighted by Gasteiger charge is 2.11. The van der Waals surface area contributed by atoms with Crippen molar-refractivity contribution in [1.29, 1.82) is 0 Å². The minimum atomic E-state index is 0.810. The predicted molar refractivity (Wildman–Crippen MR) is 107 cm³/mol. The van der Waals surface area contributed by atoms with Crippen LogP contribution in [0.4, 0.5) is 0 Å². The molecule has 0 nitrogen and oxygen atoms in total. The summed E-state index contributed by atoms with van der Waals surface area (Å²) >= 11 is 0. The minimum absolute atomic E-state index is 0.810. The minimum Gasteiger partial charge on any atom is -0.0856 e. The molecule has 0 aromatic heterocycles. The van der Waals surface area contributed by atoms with Crippen molar-refractivity contribution in [1.82, 2.24) is 0 Å². The lowest BCUT2D eigenvalue weighted by atomic mass is 9.86. The van der Waals surface area contributed by atoms with Crippen molar-refractivity contribution in [2.75, 3.05) is 0 Å². The van der Waals surface area contributed by atoms with Gasteiger partial charge < -0.3 is 0 Å². The van der Waals surface area contributed by atoms with Crippen LogP contribution >= 0.6 is 0 Å². The molecular weight excluding hydrogens is 264 g/mol. The van der Waals surface area contributed by atoms with Gasteiger partial charge in [0.1, 0.15) is 0 Å². The lowest BCUT2D eigenvalue weighted by molar-refractivity contribution is 0.312. The highest BCUT2D eigenvalue weighted by atomic mass is 14.2. The van der Waals surface area contributed by atoms with Gasteiger partial charge >= 0.3 is 0 Å². The standard InChI is InChI=1S/C12H26.C8H16.C2H6/c1-9(2)11(5)7-8-12(6)10(3)4;1-7(2)5-6-8(3)4;1-2/h9-12H,7-8H2,1-6H3;5,8H,6H2,1-4H3;1-2H3. The van der Waals surface area contributed by atoms with E-state index in [0.717, 1.165) is 29.6 Å². The first-order valence-corrected chi connectivity index (χ1v) is 9.71. The van der Waals surface area contributed by atoms with E-state index in [1.807, 2.05) is 13.8 Å². The molecule has 0 saturated carbocycles. The Morgan fingerprint density at radius 2 is 1.00 bits per heavy atom. The highest BCUT2D eigenvalue weighted by Crippen LogP contribution is 2.22. The Bertz CT molecular complexity index is 214. The van der Waals surface area contributed by atoms with Crippen LogP contribution in [-0.4, -0.2) is 0 Å². The van der Waals surface area contributed by atoms with Crippen molar-refractivity contribution in [3.05, 3.63) is 11.6 Å². The lowest BCUT2D eigenvalue weighted by Gasteiger charge is -2.20. The molecule has 0 fully saturated rings. The molecule has 0 N–H and O–H groups in total. The number of hydrogen-bond acceptors (Lipinski definition) is 0. The molecule has 0 heteroatoms. The van der Waals surface area contributed by atoms with Gasteiger partial charge in [-0.15, -0.1) is 0 Å². The smallest absolute Gasteiger partial charge is 0.0325 e. The second-order valence-corrected chi connectivity index (χ2v) is 7.93. The van der Waals surface area contributed by atoms with Gasteiger partial charge in [-0.25, -0.2) is 0 Å². The molecule has 0 aromatic rings. The van der Waals surface area contributed by atoms with Crippen LogP contribution in [0.5, 0.6) is 0 Å². The molecule has 0 aliphatic carbocycles. The van der Waals surface area contributed by atoms with Gasteiger partial charge in [-0.1, -0.05) is 93.7 Å². The zero-order valence-corrected chi connectivity index (χ0v) is 18.1. The van der Waals surface area contributed by atoms with Crippen LogP contribution in [0.3, 0.4) is 0 Å². The van der Waals surface area contributed by atoms with Crippen LogP contribution in [0.1, 0.15) is 102 Å². The third kappa shape index (κ3) is 22.0. The molecular formula is C22H48. The van der Waals surface area contributed by atoms with Gasteiger partial charge in [0, 0.05) is 0 Å². The van der Waals surface area contributed by atoms with E-state index in [9.17, 15) is 0 Å². The fourth-order valence-corrected chi connectivity index (χ4v) is 1.66. The van der Waals surface area contributed by atoms with E-state index in [0.29, 0.717) is 0 Å². The molecule has 0 radical (unpaired) electrons. The third-order valence-corrected chi connectivity index (χ3v) is 4.35. The van der Waals surface area contributed by atoms with Gasteiger partial charge in [0.05, 0.1) is 0 Å². The van der Waals surface area contributed by atoms with Crippen molar-refractivity contribution in [3.63, 3.8) is 0 Å². The fourth-order valence-electron chi connectivity index (χ4n) is 1.66. The molecule has 0 bridgehead atoms. The summed E-state index contributed by atoms with van der Waals surface area (Å²) in [4.78, 5) is 0. The molecule has 0 aliphatic heterocycles. The lowest BCUT2D eigenvalue weighted by Crippen LogP contribution is -2.09. The van der Waals surface area contributed by atoms with Crippen LogP contribution in [0, 0.1) is 29.6 Å². The summed E-state index contributed by atoms with van der Waals surface area (Å²) in [6.45, 7) is 26.8. The Morgan fingerprint density at radius 1 is 0.682 bits per heavy atom. The van der Waals surface area contributed by atoms with Crippen LogP contribution in [0.2, 0.25) is 0 Å². The highest BCUT2D eigenvalue weighted by molar-refractivity contribution is 4.92. The maximum atomic E-state index is 2.37. The molecule has 0 heterocycles. The largest absolute Gasteiger partial charge is 0.0856 e. The van der Waals surface area contributed by atoms with E-state index in [1.165, 1.54) is 24.8 Å². The first kappa shape index (κ1) is 26.6. The van der Waals surface area contributed by atoms with Crippen LogP contribution in [0.25, 0.3) is 0 Å². The fraction of sp³-hybridized carbons (Fsp3) is 0.909. The molecule has 136 valence electrons. The summed E-state index contributed by atoms with van der Waals surface area (Å²) in [5.74, 6) is 4.30. The average molecular weight is 313 g/mol. The first-order chi connectivity index (χ1) is 10.1. The van der Waals surface area contributed by atoms with Crippen LogP contribution < -0.4 is 0 Å². The molecule has 0 spiro atoms. The maximum absolute atomic E-state index is 2.37. The molecule has 0 rings (SSSR count). The Labute approximate surface area is 144 Å². The van der Waals surface area contributed by atoms with Gasteiger partial charge in [0.15, 0.2) is 0 Å². The van der Waals surface area contributed by atoms with E-state index in [1.54, 1.807) is 0 Å². The van der Waals surface area contributed by atoms with E-state index < -0.39 is 0 Å². The maximum Gasteiger partial charge on any atom is -0.0325 e. The topological polar surface area (TPSA) is 0 Å². The van der Waals surface area contributed by atoms with Crippen molar-refractivity contribution in [2.24, 2.45) is 29.6 Å².